The average Bonchev–Trinajstić information content (AvgIpc) is 2.75. The summed E-state index contributed by atoms with van der Waals surface area (Å²) in [4.78, 5) is 27.0. The van der Waals surface area contributed by atoms with Crippen molar-refractivity contribution in [3.8, 4) is 0 Å². The van der Waals surface area contributed by atoms with Gasteiger partial charge in [0.05, 0.1) is 11.0 Å². The zero-order chi connectivity index (χ0) is 15.7. The number of carbonyl (C=O) groups is 2. The summed E-state index contributed by atoms with van der Waals surface area (Å²) in [6.45, 7) is 6.13. The molecule has 1 aromatic rings. The van der Waals surface area contributed by atoms with Crippen molar-refractivity contribution in [2.45, 2.75) is 51.0 Å². The van der Waals surface area contributed by atoms with Gasteiger partial charge in [0.25, 0.3) is 0 Å². The summed E-state index contributed by atoms with van der Waals surface area (Å²) < 4.78 is 0. The Morgan fingerprint density at radius 3 is 2.24 bits per heavy atom. The fraction of sp³-hybridized carbons (Fsp3) is 0.529. The number of imide groups is 1. The number of rotatable bonds is 5. The lowest BCUT2D eigenvalue weighted by atomic mass is 9.80. The van der Waals surface area contributed by atoms with Gasteiger partial charge in [0.2, 0.25) is 11.8 Å². The average molecular weight is 288 g/mol. The first kappa shape index (κ1) is 15.7. The standard InChI is InChI=1S/C17H24N2O2/c1-4-17(5-2,12-18)19-14(20)11-16(3,15(19)21)13-9-7-6-8-10-13/h6-10H,4-5,11-12,18H2,1-3H3. The van der Waals surface area contributed by atoms with Gasteiger partial charge < -0.3 is 5.73 Å². The second-order valence-electron chi connectivity index (χ2n) is 6.04. The summed E-state index contributed by atoms with van der Waals surface area (Å²) in [6.07, 6.45) is 1.59. The van der Waals surface area contributed by atoms with Crippen molar-refractivity contribution in [1.29, 1.82) is 0 Å². The predicted molar refractivity (Wildman–Crippen MR) is 82.6 cm³/mol. The van der Waals surface area contributed by atoms with E-state index in [1.54, 1.807) is 0 Å². The van der Waals surface area contributed by atoms with Crippen LogP contribution < -0.4 is 5.73 Å². The minimum absolute atomic E-state index is 0.111. The highest BCUT2D eigenvalue weighted by atomic mass is 16.2. The first-order valence-electron chi connectivity index (χ1n) is 7.58. The van der Waals surface area contributed by atoms with Crippen LogP contribution in [-0.2, 0) is 15.0 Å². The summed E-state index contributed by atoms with van der Waals surface area (Å²) in [6, 6.07) is 9.54. The molecule has 0 aliphatic carbocycles. The minimum atomic E-state index is -0.775. The highest BCUT2D eigenvalue weighted by Gasteiger charge is 2.54. The molecule has 1 atom stereocenters. The summed E-state index contributed by atoms with van der Waals surface area (Å²) in [5, 5.41) is 0. The van der Waals surface area contributed by atoms with Crippen LogP contribution in [0.4, 0.5) is 0 Å². The Morgan fingerprint density at radius 2 is 1.76 bits per heavy atom. The predicted octanol–water partition coefficient (Wildman–Crippen LogP) is 2.22. The van der Waals surface area contributed by atoms with Crippen LogP contribution in [-0.4, -0.2) is 28.8 Å². The molecule has 1 aromatic carbocycles. The van der Waals surface area contributed by atoms with Gasteiger partial charge in [0.15, 0.2) is 0 Å². The highest BCUT2D eigenvalue weighted by molar-refractivity contribution is 6.09. The molecule has 1 heterocycles. The smallest absolute Gasteiger partial charge is 0.240 e. The van der Waals surface area contributed by atoms with Crippen LogP contribution in [0, 0.1) is 0 Å². The van der Waals surface area contributed by atoms with Crippen molar-refractivity contribution in [3.63, 3.8) is 0 Å². The number of benzene rings is 1. The van der Waals surface area contributed by atoms with E-state index in [0.29, 0.717) is 19.4 Å². The molecule has 0 aromatic heterocycles. The van der Waals surface area contributed by atoms with Gasteiger partial charge >= 0.3 is 0 Å². The van der Waals surface area contributed by atoms with Crippen molar-refractivity contribution in [2.75, 3.05) is 6.54 Å². The van der Waals surface area contributed by atoms with Gasteiger partial charge in [-0.1, -0.05) is 44.2 Å². The molecule has 2 rings (SSSR count). The van der Waals surface area contributed by atoms with Crippen LogP contribution >= 0.6 is 0 Å². The summed E-state index contributed by atoms with van der Waals surface area (Å²) in [7, 11) is 0. The second-order valence-corrected chi connectivity index (χ2v) is 6.04. The quantitative estimate of drug-likeness (QED) is 0.845. The van der Waals surface area contributed by atoms with Crippen LogP contribution in [0.5, 0.6) is 0 Å². The minimum Gasteiger partial charge on any atom is -0.328 e. The summed E-state index contributed by atoms with van der Waals surface area (Å²) >= 11 is 0. The van der Waals surface area contributed by atoms with E-state index < -0.39 is 11.0 Å². The molecule has 1 unspecified atom stereocenters. The first-order valence-corrected chi connectivity index (χ1v) is 7.58. The molecule has 1 saturated heterocycles. The van der Waals surface area contributed by atoms with Gasteiger partial charge in [-0.3, -0.25) is 14.5 Å². The number of carbonyl (C=O) groups excluding carboxylic acids is 2. The van der Waals surface area contributed by atoms with Crippen LogP contribution in [0.25, 0.3) is 0 Å². The van der Waals surface area contributed by atoms with Crippen molar-refractivity contribution in [1.82, 2.24) is 4.90 Å². The van der Waals surface area contributed by atoms with Crippen molar-refractivity contribution < 1.29 is 9.59 Å². The molecule has 1 fully saturated rings. The van der Waals surface area contributed by atoms with Crippen LogP contribution in [0.15, 0.2) is 30.3 Å². The van der Waals surface area contributed by atoms with Gasteiger partial charge in [-0.15, -0.1) is 0 Å². The zero-order valence-corrected chi connectivity index (χ0v) is 13.1. The molecular weight excluding hydrogens is 264 g/mol. The molecule has 0 saturated carbocycles. The monoisotopic (exact) mass is 288 g/mol. The van der Waals surface area contributed by atoms with Gasteiger partial charge in [0.1, 0.15) is 0 Å². The largest absolute Gasteiger partial charge is 0.328 e. The Kier molecular flexibility index (Phi) is 4.19. The van der Waals surface area contributed by atoms with Crippen LogP contribution in [0.1, 0.15) is 45.6 Å². The third kappa shape index (κ3) is 2.27. The van der Waals surface area contributed by atoms with Gasteiger partial charge in [-0.2, -0.15) is 0 Å². The molecule has 1 aliphatic heterocycles. The maximum Gasteiger partial charge on any atom is 0.240 e. The maximum atomic E-state index is 13.0. The fourth-order valence-corrected chi connectivity index (χ4v) is 3.27. The Morgan fingerprint density at radius 1 is 1.19 bits per heavy atom. The number of hydrogen-bond acceptors (Lipinski definition) is 3. The van der Waals surface area contributed by atoms with E-state index >= 15 is 0 Å². The number of nitrogens with two attached hydrogens (primary N) is 1. The van der Waals surface area contributed by atoms with E-state index in [0.717, 1.165) is 5.56 Å². The van der Waals surface area contributed by atoms with E-state index in [-0.39, 0.29) is 18.2 Å². The highest BCUT2D eigenvalue weighted by Crippen LogP contribution is 2.40. The molecule has 21 heavy (non-hydrogen) atoms. The zero-order valence-electron chi connectivity index (χ0n) is 13.1. The lowest BCUT2D eigenvalue weighted by Gasteiger charge is -2.39. The molecule has 4 heteroatoms. The van der Waals surface area contributed by atoms with Gasteiger partial charge in [-0.25, -0.2) is 0 Å². The normalized spacial score (nSPS) is 23.0. The van der Waals surface area contributed by atoms with Crippen LogP contribution in [0.3, 0.4) is 0 Å². The molecule has 1 aliphatic rings. The fourth-order valence-electron chi connectivity index (χ4n) is 3.27. The van der Waals surface area contributed by atoms with E-state index in [4.69, 9.17) is 5.73 Å². The van der Waals surface area contributed by atoms with E-state index in [9.17, 15) is 9.59 Å². The molecule has 114 valence electrons. The molecule has 0 radical (unpaired) electrons. The topological polar surface area (TPSA) is 63.4 Å². The third-order valence-electron chi connectivity index (χ3n) is 5.01. The lowest BCUT2D eigenvalue weighted by molar-refractivity contribution is -0.147. The Hall–Kier alpha value is -1.68. The lowest BCUT2D eigenvalue weighted by Crippen LogP contribution is -2.56. The molecule has 0 spiro atoms. The Labute approximate surface area is 126 Å². The van der Waals surface area contributed by atoms with Gasteiger partial charge in [-0.05, 0) is 25.3 Å². The second kappa shape index (κ2) is 5.60. The number of nitrogens with zero attached hydrogens (tertiary/aromatic N) is 1. The Bertz CT molecular complexity index is 529. The molecule has 4 nitrogen and oxygen atoms in total. The Balaban J connectivity index is 2.46. The number of amides is 2. The van der Waals surface area contributed by atoms with Gasteiger partial charge in [0, 0.05) is 13.0 Å². The summed E-state index contributed by atoms with van der Waals surface area (Å²) in [5.41, 5.74) is 5.48. The number of hydrogen-bond donors (Lipinski definition) is 1. The van der Waals surface area contributed by atoms with Crippen molar-refractivity contribution in [2.24, 2.45) is 5.73 Å². The van der Waals surface area contributed by atoms with E-state index in [1.165, 1.54) is 4.90 Å². The van der Waals surface area contributed by atoms with E-state index in [1.807, 2.05) is 51.1 Å². The third-order valence-corrected chi connectivity index (χ3v) is 5.01. The number of likely N-dealkylation sites (tertiary alicyclic amines) is 1. The van der Waals surface area contributed by atoms with E-state index in [2.05, 4.69) is 0 Å². The summed E-state index contributed by atoms with van der Waals surface area (Å²) in [5.74, 6) is -0.228. The maximum absolute atomic E-state index is 13.0. The van der Waals surface area contributed by atoms with Crippen LogP contribution in [0.2, 0.25) is 0 Å². The molecule has 2 amide bonds. The molecule has 0 bridgehead atoms. The SMILES string of the molecule is CCC(CC)(CN)N1C(=O)CC(C)(c2ccccc2)C1=O. The molecule has 2 N–H and O–H groups in total. The molecular formula is C17H24N2O2. The first-order chi connectivity index (χ1) is 9.95. The van der Waals surface area contributed by atoms with Crippen molar-refractivity contribution in [3.05, 3.63) is 35.9 Å². The van der Waals surface area contributed by atoms with Crippen molar-refractivity contribution >= 4 is 11.8 Å².